The minimum atomic E-state index is -1.23. The summed E-state index contributed by atoms with van der Waals surface area (Å²) in [5.74, 6) is -1.80. The summed E-state index contributed by atoms with van der Waals surface area (Å²) in [6.45, 7) is 3.99. The summed E-state index contributed by atoms with van der Waals surface area (Å²) in [5, 5.41) is 20.5. The standard InChI is InChI=1S/C23H19N3O4S/c1-3-10-26-21(28)20(11-14-13-25(2)18-7-5-4-6-16(14)18)31-23(26)24-15-8-9-17(22(29)30)19(27)12-15/h3-9,11-13,27H,1,10H2,2H3,(H,29,30)/b20-11-,24-23?. The van der Waals surface area contributed by atoms with E-state index < -0.39 is 5.97 Å². The highest BCUT2D eigenvalue weighted by atomic mass is 32.2. The van der Waals surface area contributed by atoms with Gasteiger partial charge in [-0.3, -0.25) is 9.69 Å². The summed E-state index contributed by atoms with van der Waals surface area (Å²) < 4.78 is 2.01. The van der Waals surface area contributed by atoms with Crippen LogP contribution in [0.4, 0.5) is 5.69 Å². The molecule has 0 aliphatic carbocycles. The smallest absolute Gasteiger partial charge is 0.339 e. The number of fused-ring (bicyclic) bond motifs is 1. The number of hydrogen-bond donors (Lipinski definition) is 2. The Kier molecular flexibility index (Phi) is 5.39. The number of aromatic carboxylic acids is 1. The third-order valence-electron chi connectivity index (χ3n) is 4.85. The van der Waals surface area contributed by atoms with Gasteiger partial charge in [0.05, 0.1) is 10.6 Å². The monoisotopic (exact) mass is 433 g/mol. The number of benzene rings is 2. The van der Waals surface area contributed by atoms with Crippen LogP contribution >= 0.6 is 11.8 Å². The van der Waals surface area contributed by atoms with E-state index in [4.69, 9.17) is 5.11 Å². The number of amidine groups is 1. The van der Waals surface area contributed by atoms with Crippen molar-refractivity contribution in [1.82, 2.24) is 9.47 Å². The van der Waals surface area contributed by atoms with Gasteiger partial charge in [-0.2, -0.15) is 0 Å². The first-order valence-electron chi connectivity index (χ1n) is 9.40. The summed E-state index contributed by atoms with van der Waals surface area (Å²) >= 11 is 1.22. The number of nitrogens with zero attached hydrogens (tertiary/aromatic N) is 3. The highest BCUT2D eigenvalue weighted by Gasteiger charge is 2.33. The fourth-order valence-electron chi connectivity index (χ4n) is 3.39. The Morgan fingerprint density at radius 1 is 1.26 bits per heavy atom. The van der Waals surface area contributed by atoms with Crippen LogP contribution in [0.5, 0.6) is 5.75 Å². The van der Waals surface area contributed by atoms with Gasteiger partial charge in [-0.1, -0.05) is 24.3 Å². The van der Waals surface area contributed by atoms with Gasteiger partial charge in [0.2, 0.25) is 0 Å². The fraction of sp³-hybridized carbons (Fsp3) is 0.0870. The molecule has 156 valence electrons. The van der Waals surface area contributed by atoms with Crippen molar-refractivity contribution in [1.29, 1.82) is 0 Å². The molecule has 0 radical (unpaired) electrons. The van der Waals surface area contributed by atoms with E-state index in [9.17, 15) is 14.7 Å². The van der Waals surface area contributed by atoms with Crippen LogP contribution in [0.25, 0.3) is 17.0 Å². The lowest BCUT2D eigenvalue weighted by molar-refractivity contribution is -0.121. The van der Waals surface area contributed by atoms with Crippen LogP contribution < -0.4 is 0 Å². The molecule has 0 saturated carbocycles. The third-order valence-corrected chi connectivity index (χ3v) is 5.86. The molecule has 0 spiro atoms. The van der Waals surface area contributed by atoms with Crippen molar-refractivity contribution in [2.24, 2.45) is 12.0 Å². The zero-order valence-electron chi connectivity index (χ0n) is 16.6. The van der Waals surface area contributed by atoms with E-state index in [1.54, 1.807) is 6.08 Å². The number of carbonyl (C=O) groups excluding carboxylic acids is 1. The van der Waals surface area contributed by atoms with Gasteiger partial charge in [0.15, 0.2) is 5.17 Å². The Morgan fingerprint density at radius 2 is 2.03 bits per heavy atom. The predicted octanol–water partition coefficient (Wildman–Crippen LogP) is 4.37. The van der Waals surface area contributed by atoms with E-state index in [1.807, 2.05) is 48.2 Å². The number of rotatable bonds is 5. The number of aliphatic imine (C=N–C) groups is 1. The lowest BCUT2D eigenvalue weighted by Crippen LogP contribution is -2.29. The van der Waals surface area contributed by atoms with Gasteiger partial charge in [-0.15, -0.1) is 6.58 Å². The van der Waals surface area contributed by atoms with Gasteiger partial charge in [-0.05, 0) is 36.0 Å². The Morgan fingerprint density at radius 3 is 2.74 bits per heavy atom. The van der Waals surface area contributed by atoms with Crippen LogP contribution in [0.15, 0.2) is 71.2 Å². The molecule has 31 heavy (non-hydrogen) atoms. The Balaban J connectivity index is 1.73. The van der Waals surface area contributed by atoms with Crippen molar-refractivity contribution >= 4 is 51.5 Å². The van der Waals surface area contributed by atoms with Crippen LogP contribution in [0.2, 0.25) is 0 Å². The SMILES string of the molecule is C=CCN1C(=O)/C(=C/c2cn(C)c3ccccc23)SC1=Nc1ccc(C(=O)O)c(O)c1. The molecule has 2 N–H and O–H groups in total. The van der Waals surface area contributed by atoms with Crippen LogP contribution in [0, 0.1) is 0 Å². The van der Waals surface area contributed by atoms with E-state index in [2.05, 4.69) is 11.6 Å². The largest absolute Gasteiger partial charge is 0.507 e. The minimum absolute atomic E-state index is 0.192. The molecule has 4 rings (SSSR count). The highest BCUT2D eigenvalue weighted by molar-refractivity contribution is 8.18. The molecular weight excluding hydrogens is 414 g/mol. The molecule has 0 atom stereocenters. The lowest BCUT2D eigenvalue weighted by atomic mass is 10.1. The van der Waals surface area contributed by atoms with Crippen molar-refractivity contribution in [3.8, 4) is 5.75 Å². The van der Waals surface area contributed by atoms with Crippen molar-refractivity contribution in [2.45, 2.75) is 0 Å². The molecule has 0 bridgehead atoms. The molecule has 1 saturated heterocycles. The fourth-order valence-corrected chi connectivity index (χ4v) is 4.39. The third kappa shape index (κ3) is 3.85. The van der Waals surface area contributed by atoms with E-state index >= 15 is 0 Å². The molecule has 2 heterocycles. The Hall–Kier alpha value is -3.78. The van der Waals surface area contributed by atoms with Crippen LogP contribution in [-0.4, -0.2) is 43.3 Å². The summed E-state index contributed by atoms with van der Waals surface area (Å²) in [6, 6.07) is 12.0. The van der Waals surface area contributed by atoms with E-state index in [-0.39, 0.29) is 23.8 Å². The summed E-state index contributed by atoms with van der Waals surface area (Å²) in [5.41, 5.74) is 2.13. The van der Waals surface area contributed by atoms with Crippen molar-refractivity contribution in [3.05, 3.63) is 77.3 Å². The Bertz CT molecular complexity index is 1290. The second-order valence-corrected chi connectivity index (χ2v) is 7.94. The summed E-state index contributed by atoms with van der Waals surface area (Å²) in [6.07, 6.45) is 5.43. The molecule has 1 aliphatic rings. The minimum Gasteiger partial charge on any atom is -0.507 e. The Labute approximate surface area is 182 Å². The molecule has 3 aromatic rings. The second-order valence-electron chi connectivity index (χ2n) is 6.93. The number of amides is 1. The lowest BCUT2D eigenvalue weighted by Gasteiger charge is -2.12. The van der Waals surface area contributed by atoms with Gasteiger partial charge >= 0.3 is 5.97 Å². The summed E-state index contributed by atoms with van der Waals surface area (Å²) in [4.78, 5) is 30.6. The van der Waals surface area contributed by atoms with Crippen molar-refractivity contribution in [2.75, 3.05) is 6.54 Å². The molecule has 2 aromatic carbocycles. The number of aromatic nitrogens is 1. The van der Waals surface area contributed by atoms with Crippen molar-refractivity contribution < 1.29 is 19.8 Å². The molecule has 1 amide bonds. The van der Waals surface area contributed by atoms with E-state index in [1.165, 1.54) is 34.9 Å². The number of carboxylic acid groups (broad SMARTS) is 1. The first kappa shape index (κ1) is 20.5. The van der Waals surface area contributed by atoms with E-state index in [0.29, 0.717) is 15.8 Å². The maximum atomic E-state index is 13.0. The number of aryl methyl sites for hydroxylation is 1. The molecule has 1 aliphatic heterocycles. The van der Waals surface area contributed by atoms with Crippen LogP contribution in [0.1, 0.15) is 15.9 Å². The molecule has 0 unspecified atom stereocenters. The molecule has 1 aromatic heterocycles. The first-order valence-corrected chi connectivity index (χ1v) is 10.2. The van der Waals surface area contributed by atoms with Gasteiger partial charge < -0.3 is 14.8 Å². The number of para-hydroxylation sites is 1. The maximum absolute atomic E-state index is 13.0. The van der Waals surface area contributed by atoms with Crippen LogP contribution in [-0.2, 0) is 11.8 Å². The predicted molar refractivity (Wildman–Crippen MR) is 123 cm³/mol. The number of thioether (sulfide) groups is 1. The highest BCUT2D eigenvalue weighted by Crippen LogP contribution is 2.36. The van der Waals surface area contributed by atoms with Gasteiger partial charge in [0.1, 0.15) is 11.3 Å². The number of carbonyl (C=O) groups is 2. The maximum Gasteiger partial charge on any atom is 0.339 e. The van der Waals surface area contributed by atoms with Crippen LogP contribution in [0.3, 0.4) is 0 Å². The zero-order chi connectivity index (χ0) is 22.1. The number of aromatic hydroxyl groups is 1. The van der Waals surface area contributed by atoms with E-state index in [0.717, 1.165) is 16.5 Å². The quantitative estimate of drug-likeness (QED) is 0.460. The average Bonchev–Trinajstić information content (AvgIpc) is 3.20. The second kappa shape index (κ2) is 8.16. The molecular formula is C23H19N3O4S. The normalized spacial score (nSPS) is 16.5. The summed E-state index contributed by atoms with van der Waals surface area (Å²) in [7, 11) is 1.96. The molecule has 1 fully saturated rings. The zero-order valence-corrected chi connectivity index (χ0v) is 17.5. The molecule has 7 nitrogen and oxygen atoms in total. The number of hydrogen-bond acceptors (Lipinski definition) is 5. The number of carboxylic acids is 1. The van der Waals surface area contributed by atoms with Gasteiger partial charge in [0, 0.05) is 42.3 Å². The van der Waals surface area contributed by atoms with Gasteiger partial charge in [0.25, 0.3) is 5.91 Å². The topological polar surface area (TPSA) is 95.1 Å². The van der Waals surface area contributed by atoms with Crippen molar-refractivity contribution in [3.63, 3.8) is 0 Å². The van der Waals surface area contributed by atoms with Gasteiger partial charge in [-0.25, -0.2) is 9.79 Å². The molecule has 8 heteroatoms. The number of phenols is 1. The first-order chi connectivity index (χ1) is 14.9. The average molecular weight is 433 g/mol.